The lowest BCUT2D eigenvalue weighted by molar-refractivity contribution is -0.184. The second-order valence-electron chi connectivity index (χ2n) is 6.09. The lowest BCUT2D eigenvalue weighted by Gasteiger charge is -2.36. The summed E-state index contributed by atoms with van der Waals surface area (Å²) in [5.41, 5.74) is 4.69. The molecule has 1 aromatic carbocycles. The Morgan fingerprint density at radius 2 is 1.92 bits per heavy atom. The minimum Gasteiger partial charge on any atom is -0.380 e. The Labute approximate surface area is 145 Å². The summed E-state index contributed by atoms with van der Waals surface area (Å²) in [4.78, 5) is 9.03. The van der Waals surface area contributed by atoms with Crippen molar-refractivity contribution in [1.82, 2.24) is 0 Å². The van der Waals surface area contributed by atoms with Gasteiger partial charge in [0.1, 0.15) is 5.60 Å². The average molecular weight is 344 g/mol. The van der Waals surface area contributed by atoms with Gasteiger partial charge in [0.15, 0.2) is 0 Å². The lowest BCUT2D eigenvalue weighted by atomic mass is 9.91. The van der Waals surface area contributed by atoms with Gasteiger partial charge < -0.3 is 9.84 Å². The molecule has 2 rings (SSSR count). The summed E-state index contributed by atoms with van der Waals surface area (Å²) >= 11 is 0. The van der Waals surface area contributed by atoms with E-state index in [1.807, 2.05) is 44.2 Å². The van der Waals surface area contributed by atoms with Crippen LogP contribution >= 0.6 is 8.58 Å². The Bertz CT molecular complexity index is 695. The summed E-state index contributed by atoms with van der Waals surface area (Å²) in [6.45, 7) is 11.0. The number of rotatable bonds is 6. The molecule has 128 valence electrons. The molecule has 0 saturated carbocycles. The molecule has 1 atom stereocenters. The SMILES string of the molecule is C=C(N=C(PC)C(C=C(C)C)=NC)c1ccc(C2(O)COC2)cc1. The van der Waals surface area contributed by atoms with Gasteiger partial charge in [0.2, 0.25) is 0 Å². The van der Waals surface area contributed by atoms with Crippen LogP contribution in [0.1, 0.15) is 25.0 Å². The number of hydrogen-bond donors (Lipinski definition) is 1. The van der Waals surface area contributed by atoms with Crippen LogP contribution in [-0.2, 0) is 10.3 Å². The van der Waals surface area contributed by atoms with Gasteiger partial charge in [-0.25, -0.2) is 4.99 Å². The molecule has 1 N–H and O–H groups in total. The maximum absolute atomic E-state index is 10.3. The molecule has 0 bridgehead atoms. The molecule has 0 radical (unpaired) electrons. The molecule has 1 aliphatic heterocycles. The average Bonchev–Trinajstić information content (AvgIpc) is 2.55. The summed E-state index contributed by atoms with van der Waals surface area (Å²) in [5.74, 6) is 0. The normalized spacial score (nSPS) is 17.7. The molecule has 5 heteroatoms. The first-order valence-electron chi connectivity index (χ1n) is 7.88. The summed E-state index contributed by atoms with van der Waals surface area (Å²) in [6.07, 6.45) is 2.04. The summed E-state index contributed by atoms with van der Waals surface area (Å²) in [7, 11) is 2.31. The zero-order chi connectivity index (χ0) is 17.7. The third-order valence-corrected chi connectivity index (χ3v) is 4.67. The highest BCUT2D eigenvalue weighted by molar-refractivity contribution is 7.61. The molecule has 0 aliphatic carbocycles. The van der Waals surface area contributed by atoms with E-state index >= 15 is 0 Å². The fourth-order valence-corrected chi connectivity index (χ4v) is 3.07. The minimum atomic E-state index is -0.843. The van der Waals surface area contributed by atoms with Crippen molar-refractivity contribution in [3.8, 4) is 0 Å². The minimum absolute atomic E-state index is 0.353. The number of aliphatic hydroxyl groups is 1. The van der Waals surface area contributed by atoms with Crippen molar-refractivity contribution in [2.75, 3.05) is 26.9 Å². The maximum atomic E-state index is 10.3. The van der Waals surface area contributed by atoms with Gasteiger partial charge in [-0.05, 0) is 37.7 Å². The van der Waals surface area contributed by atoms with Crippen LogP contribution in [0.25, 0.3) is 5.70 Å². The maximum Gasteiger partial charge on any atom is 0.136 e. The third kappa shape index (κ3) is 4.27. The van der Waals surface area contributed by atoms with Crippen molar-refractivity contribution in [1.29, 1.82) is 0 Å². The Balaban J connectivity index is 2.22. The fraction of sp³-hybridized carbons (Fsp3) is 0.368. The van der Waals surface area contributed by atoms with E-state index in [1.54, 1.807) is 7.05 Å². The smallest absolute Gasteiger partial charge is 0.136 e. The number of allylic oxidation sites excluding steroid dienone is 2. The number of aliphatic imine (C=N–C) groups is 2. The second-order valence-corrected chi connectivity index (χ2v) is 7.06. The van der Waals surface area contributed by atoms with E-state index in [0.717, 1.165) is 22.3 Å². The summed E-state index contributed by atoms with van der Waals surface area (Å²) in [5, 5.41) is 10.3. The van der Waals surface area contributed by atoms with E-state index in [4.69, 9.17) is 4.74 Å². The Morgan fingerprint density at radius 1 is 1.29 bits per heavy atom. The molecule has 24 heavy (non-hydrogen) atoms. The first kappa shape index (κ1) is 18.7. The van der Waals surface area contributed by atoms with E-state index in [2.05, 4.69) is 23.2 Å². The Hall–Kier alpha value is -1.61. The Morgan fingerprint density at radius 3 is 2.33 bits per heavy atom. The molecule has 1 unspecified atom stereocenters. The van der Waals surface area contributed by atoms with Crippen LogP contribution in [0, 0.1) is 0 Å². The van der Waals surface area contributed by atoms with Gasteiger partial charge in [-0.3, -0.25) is 4.99 Å². The quantitative estimate of drug-likeness (QED) is 0.633. The van der Waals surface area contributed by atoms with Crippen molar-refractivity contribution >= 4 is 25.4 Å². The van der Waals surface area contributed by atoms with Gasteiger partial charge in [0.05, 0.1) is 30.1 Å². The summed E-state index contributed by atoms with van der Waals surface area (Å²) < 4.78 is 5.10. The van der Waals surface area contributed by atoms with E-state index < -0.39 is 5.60 Å². The molecule has 0 amide bonds. The lowest BCUT2D eigenvalue weighted by Crippen LogP contribution is -2.46. The molecule has 1 aliphatic rings. The van der Waals surface area contributed by atoms with Crippen LogP contribution < -0.4 is 0 Å². The predicted octanol–water partition coefficient (Wildman–Crippen LogP) is 3.62. The van der Waals surface area contributed by atoms with E-state index in [0.29, 0.717) is 27.5 Å². The van der Waals surface area contributed by atoms with Crippen LogP contribution in [0.5, 0.6) is 0 Å². The standard InChI is InChI=1S/C19H25N2O2P/c1-13(2)10-17(20-4)18(24-5)21-14(3)15-6-8-16(9-7-15)19(22)11-23-12-19/h6-10,22,24H,3,11-12H2,1-2,4-5H3. The van der Waals surface area contributed by atoms with E-state index in [9.17, 15) is 5.11 Å². The zero-order valence-corrected chi connectivity index (χ0v) is 15.8. The monoisotopic (exact) mass is 344 g/mol. The van der Waals surface area contributed by atoms with Gasteiger partial charge in [-0.1, -0.05) is 45.0 Å². The molecule has 0 spiro atoms. The third-order valence-electron chi connectivity index (χ3n) is 3.83. The molecule has 0 aromatic heterocycles. The van der Waals surface area contributed by atoms with Crippen molar-refractivity contribution in [3.05, 3.63) is 53.6 Å². The van der Waals surface area contributed by atoms with Crippen molar-refractivity contribution in [3.63, 3.8) is 0 Å². The molecular weight excluding hydrogens is 319 g/mol. The fourth-order valence-electron chi connectivity index (χ4n) is 2.39. The van der Waals surface area contributed by atoms with Crippen molar-refractivity contribution in [2.24, 2.45) is 9.98 Å². The summed E-state index contributed by atoms with van der Waals surface area (Å²) in [6, 6.07) is 7.71. The molecule has 1 saturated heterocycles. The molecule has 1 aromatic rings. The highest BCUT2D eigenvalue weighted by atomic mass is 31.1. The van der Waals surface area contributed by atoms with Gasteiger partial charge in [0, 0.05) is 7.05 Å². The molecule has 1 fully saturated rings. The van der Waals surface area contributed by atoms with Crippen LogP contribution in [0.15, 0.2) is 52.5 Å². The van der Waals surface area contributed by atoms with Crippen molar-refractivity contribution in [2.45, 2.75) is 19.4 Å². The molecule has 1 heterocycles. The van der Waals surface area contributed by atoms with Gasteiger partial charge in [0.25, 0.3) is 0 Å². The van der Waals surface area contributed by atoms with Crippen LogP contribution in [0.3, 0.4) is 0 Å². The van der Waals surface area contributed by atoms with E-state index in [1.165, 1.54) is 5.57 Å². The van der Waals surface area contributed by atoms with Gasteiger partial charge >= 0.3 is 0 Å². The zero-order valence-electron chi connectivity index (χ0n) is 14.8. The van der Waals surface area contributed by atoms with Gasteiger partial charge in [-0.2, -0.15) is 0 Å². The second kappa shape index (κ2) is 7.98. The first-order valence-corrected chi connectivity index (χ1v) is 9.38. The van der Waals surface area contributed by atoms with Crippen LogP contribution in [0.4, 0.5) is 0 Å². The molecular formula is C19H25N2O2P. The van der Waals surface area contributed by atoms with E-state index in [-0.39, 0.29) is 0 Å². The highest BCUT2D eigenvalue weighted by Gasteiger charge is 2.37. The van der Waals surface area contributed by atoms with Crippen LogP contribution in [0.2, 0.25) is 0 Å². The van der Waals surface area contributed by atoms with Crippen LogP contribution in [-0.4, -0.2) is 43.2 Å². The first-order chi connectivity index (χ1) is 11.4. The predicted molar refractivity (Wildman–Crippen MR) is 105 cm³/mol. The number of ether oxygens (including phenoxy) is 1. The number of hydrogen-bond acceptors (Lipinski definition) is 4. The topological polar surface area (TPSA) is 54.2 Å². The van der Waals surface area contributed by atoms with Gasteiger partial charge in [-0.15, -0.1) is 0 Å². The number of nitrogens with zero attached hydrogens (tertiary/aromatic N) is 2. The largest absolute Gasteiger partial charge is 0.380 e. The highest BCUT2D eigenvalue weighted by Crippen LogP contribution is 2.30. The number of benzene rings is 1. The molecule has 4 nitrogen and oxygen atoms in total. The van der Waals surface area contributed by atoms with Crippen molar-refractivity contribution < 1.29 is 9.84 Å². The Kier molecular flexibility index (Phi) is 6.22.